The molecule has 0 aliphatic carbocycles. The van der Waals surface area contributed by atoms with Gasteiger partial charge >= 0.3 is 0 Å². The summed E-state index contributed by atoms with van der Waals surface area (Å²) in [4.78, 5) is 0. The van der Waals surface area contributed by atoms with Gasteiger partial charge in [0, 0.05) is 12.6 Å². The highest BCUT2D eigenvalue weighted by Gasteiger charge is 2.26. The largest absolute Gasteiger partial charge is 0.309 e. The molecule has 2 heteroatoms. The predicted molar refractivity (Wildman–Crippen MR) is 65.0 cm³/mol. The number of nitrogens with one attached hydrogen (secondary N) is 1. The van der Waals surface area contributed by atoms with E-state index in [0.29, 0.717) is 12.0 Å². The lowest BCUT2D eigenvalue weighted by molar-refractivity contribution is 0.388. The van der Waals surface area contributed by atoms with Crippen LogP contribution in [0.25, 0.3) is 0 Å². The second kappa shape index (κ2) is 4.54. The van der Waals surface area contributed by atoms with Crippen LogP contribution in [0.3, 0.4) is 0 Å². The van der Waals surface area contributed by atoms with Crippen molar-refractivity contribution in [3.63, 3.8) is 0 Å². The third-order valence-electron chi connectivity index (χ3n) is 3.33. The minimum absolute atomic E-state index is 0.0414. The SMILES string of the molecule is CC(C)CC1NCC(C)c2c(F)cccc21. The Bertz CT molecular complexity index is 373. The molecule has 2 rings (SSSR count). The molecule has 1 heterocycles. The summed E-state index contributed by atoms with van der Waals surface area (Å²) in [6.07, 6.45) is 1.07. The summed E-state index contributed by atoms with van der Waals surface area (Å²) in [5.74, 6) is 0.863. The molecule has 2 unspecified atom stereocenters. The van der Waals surface area contributed by atoms with E-state index >= 15 is 0 Å². The van der Waals surface area contributed by atoms with Crippen molar-refractivity contribution in [2.45, 2.75) is 39.2 Å². The van der Waals surface area contributed by atoms with Crippen molar-refractivity contribution in [1.82, 2.24) is 5.32 Å². The van der Waals surface area contributed by atoms with E-state index in [2.05, 4.69) is 32.2 Å². The lowest BCUT2D eigenvalue weighted by Crippen LogP contribution is -2.33. The molecular formula is C14H20FN. The maximum atomic E-state index is 13.8. The van der Waals surface area contributed by atoms with E-state index in [1.807, 2.05) is 6.07 Å². The summed E-state index contributed by atoms with van der Waals surface area (Å²) >= 11 is 0. The van der Waals surface area contributed by atoms with Crippen LogP contribution in [0, 0.1) is 11.7 Å². The minimum Gasteiger partial charge on any atom is -0.309 e. The zero-order valence-electron chi connectivity index (χ0n) is 10.3. The number of fused-ring (bicyclic) bond motifs is 1. The van der Waals surface area contributed by atoms with Crippen molar-refractivity contribution < 1.29 is 4.39 Å². The fraction of sp³-hybridized carbons (Fsp3) is 0.571. The first-order valence-electron chi connectivity index (χ1n) is 6.11. The lowest BCUT2D eigenvalue weighted by atomic mass is 9.84. The van der Waals surface area contributed by atoms with Crippen LogP contribution in [-0.4, -0.2) is 6.54 Å². The van der Waals surface area contributed by atoms with Crippen molar-refractivity contribution in [3.8, 4) is 0 Å². The Morgan fingerprint density at radius 3 is 2.88 bits per heavy atom. The second-order valence-electron chi connectivity index (χ2n) is 5.23. The standard InChI is InChI=1S/C14H20FN/c1-9(2)7-13-11-5-4-6-12(15)14(11)10(3)8-16-13/h4-6,9-10,13,16H,7-8H2,1-3H3. The molecule has 0 aromatic heterocycles. The highest BCUT2D eigenvalue weighted by molar-refractivity contribution is 5.36. The Kier molecular flexibility index (Phi) is 3.29. The van der Waals surface area contributed by atoms with Gasteiger partial charge in [0.2, 0.25) is 0 Å². The molecule has 2 atom stereocenters. The monoisotopic (exact) mass is 221 g/mol. The summed E-state index contributed by atoms with van der Waals surface area (Å²) < 4.78 is 13.8. The molecule has 0 radical (unpaired) electrons. The molecule has 16 heavy (non-hydrogen) atoms. The lowest BCUT2D eigenvalue weighted by Gasteiger charge is -2.32. The number of rotatable bonds is 2. The van der Waals surface area contributed by atoms with Gasteiger partial charge in [0.1, 0.15) is 5.82 Å². The van der Waals surface area contributed by atoms with E-state index in [9.17, 15) is 4.39 Å². The van der Waals surface area contributed by atoms with Gasteiger partial charge in [-0.2, -0.15) is 0 Å². The van der Waals surface area contributed by atoms with Crippen molar-refractivity contribution in [2.24, 2.45) is 5.92 Å². The van der Waals surface area contributed by atoms with E-state index < -0.39 is 0 Å². The van der Waals surface area contributed by atoms with Crippen LogP contribution in [0.4, 0.5) is 4.39 Å². The Hall–Kier alpha value is -0.890. The average molecular weight is 221 g/mol. The molecule has 0 bridgehead atoms. The van der Waals surface area contributed by atoms with Crippen LogP contribution >= 0.6 is 0 Å². The first-order valence-corrected chi connectivity index (χ1v) is 6.11. The summed E-state index contributed by atoms with van der Waals surface area (Å²) in [5, 5.41) is 3.52. The van der Waals surface area contributed by atoms with Crippen LogP contribution in [0.15, 0.2) is 18.2 Å². The van der Waals surface area contributed by atoms with E-state index in [0.717, 1.165) is 24.1 Å². The quantitative estimate of drug-likeness (QED) is 0.804. The molecule has 1 aromatic carbocycles. The summed E-state index contributed by atoms with van der Waals surface area (Å²) in [6.45, 7) is 7.38. The van der Waals surface area contributed by atoms with Crippen LogP contribution < -0.4 is 5.32 Å². The van der Waals surface area contributed by atoms with E-state index in [-0.39, 0.29) is 11.7 Å². The summed E-state index contributed by atoms with van der Waals surface area (Å²) in [6, 6.07) is 5.78. The van der Waals surface area contributed by atoms with Gasteiger partial charge in [0.15, 0.2) is 0 Å². The molecule has 0 fully saturated rings. The zero-order valence-corrected chi connectivity index (χ0v) is 10.3. The van der Waals surface area contributed by atoms with Gasteiger partial charge < -0.3 is 5.32 Å². The molecule has 88 valence electrons. The Labute approximate surface area is 97.1 Å². The number of benzene rings is 1. The predicted octanol–water partition coefficient (Wildman–Crippen LogP) is 3.62. The molecular weight excluding hydrogens is 201 g/mol. The van der Waals surface area contributed by atoms with Crippen LogP contribution in [0.2, 0.25) is 0 Å². The van der Waals surface area contributed by atoms with Crippen molar-refractivity contribution >= 4 is 0 Å². The van der Waals surface area contributed by atoms with Crippen LogP contribution in [0.5, 0.6) is 0 Å². The average Bonchev–Trinajstić information content (AvgIpc) is 2.22. The summed E-state index contributed by atoms with van der Waals surface area (Å²) in [5.41, 5.74) is 2.08. The van der Waals surface area contributed by atoms with Gasteiger partial charge in [-0.25, -0.2) is 4.39 Å². The van der Waals surface area contributed by atoms with E-state index in [1.165, 1.54) is 0 Å². The van der Waals surface area contributed by atoms with E-state index in [4.69, 9.17) is 0 Å². The maximum Gasteiger partial charge on any atom is 0.127 e. The van der Waals surface area contributed by atoms with Crippen molar-refractivity contribution in [2.75, 3.05) is 6.54 Å². The Balaban J connectivity index is 2.37. The molecule has 1 nitrogen and oxygen atoms in total. The third-order valence-corrected chi connectivity index (χ3v) is 3.33. The molecule has 0 spiro atoms. The molecule has 0 saturated carbocycles. The number of hydrogen-bond donors (Lipinski definition) is 1. The van der Waals surface area contributed by atoms with Crippen LogP contribution in [0.1, 0.15) is 50.3 Å². The number of hydrogen-bond acceptors (Lipinski definition) is 1. The highest BCUT2D eigenvalue weighted by atomic mass is 19.1. The summed E-state index contributed by atoms with van der Waals surface area (Å²) in [7, 11) is 0. The van der Waals surface area contributed by atoms with Gasteiger partial charge in [0.05, 0.1) is 0 Å². The fourth-order valence-corrected chi connectivity index (χ4v) is 2.59. The van der Waals surface area contributed by atoms with E-state index in [1.54, 1.807) is 6.07 Å². The molecule has 0 saturated heterocycles. The smallest absolute Gasteiger partial charge is 0.127 e. The fourth-order valence-electron chi connectivity index (χ4n) is 2.59. The first kappa shape index (κ1) is 11.6. The molecule has 1 N–H and O–H groups in total. The first-order chi connectivity index (χ1) is 7.59. The van der Waals surface area contributed by atoms with Gasteiger partial charge in [-0.15, -0.1) is 0 Å². The van der Waals surface area contributed by atoms with Gasteiger partial charge in [-0.05, 0) is 35.4 Å². The molecule has 1 aliphatic heterocycles. The third kappa shape index (κ3) is 2.12. The second-order valence-corrected chi connectivity index (χ2v) is 5.23. The minimum atomic E-state index is -0.0414. The van der Waals surface area contributed by atoms with Gasteiger partial charge in [0.25, 0.3) is 0 Å². The Morgan fingerprint density at radius 1 is 1.44 bits per heavy atom. The van der Waals surface area contributed by atoms with Crippen LogP contribution in [-0.2, 0) is 0 Å². The topological polar surface area (TPSA) is 12.0 Å². The highest BCUT2D eigenvalue weighted by Crippen LogP contribution is 2.34. The zero-order chi connectivity index (χ0) is 11.7. The Morgan fingerprint density at radius 2 is 2.19 bits per heavy atom. The van der Waals surface area contributed by atoms with Gasteiger partial charge in [-0.1, -0.05) is 32.9 Å². The normalized spacial score (nSPS) is 24.6. The van der Waals surface area contributed by atoms with Gasteiger partial charge in [-0.3, -0.25) is 0 Å². The van der Waals surface area contributed by atoms with Crippen molar-refractivity contribution in [1.29, 1.82) is 0 Å². The maximum absolute atomic E-state index is 13.8. The molecule has 1 aromatic rings. The number of halogens is 1. The van der Waals surface area contributed by atoms with Crippen molar-refractivity contribution in [3.05, 3.63) is 35.1 Å². The molecule has 0 amide bonds. The molecule has 1 aliphatic rings.